The van der Waals surface area contributed by atoms with Gasteiger partial charge in [-0.05, 0) is 40.6 Å². The highest BCUT2D eigenvalue weighted by Crippen LogP contribution is 2.30. The van der Waals surface area contributed by atoms with E-state index in [1.807, 2.05) is 18.2 Å². The smallest absolute Gasteiger partial charge is 0.0601 e. The normalized spacial score (nSPS) is 10.9. The predicted molar refractivity (Wildman–Crippen MR) is 92.5 cm³/mol. The van der Waals surface area contributed by atoms with Gasteiger partial charge in [0, 0.05) is 22.8 Å². The second kappa shape index (κ2) is 5.46. The molecule has 0 aliphatic heterocycles. The molecule has 102 valence electrons. The second-order valence-corrected chi connectivity index (χ2v) is 6.64. The molecular formula is C16H15BrN2S. The first-order valence-electron chi connectivity index (χ1n) is 6.36. The fourth-order valence-corrected chi connectivity index (χ4v) is 3.70. The lowest BCUT2D eigenvalue weighted by molar-refractivity contribution is 0.935. The Morgan fingerprint density at radius 1 is 1.20 bits per heavy atom. The number of nitrogens with zero attached hydrogens (tertiary/aromatic N) is 1. The maximum Gasteiger partial charge on any atom is 0.0601 e. The molecule has 1 heterocycles. The topological polar surface area (TPSA) is 29.3 Å². The molecule has 0 spiro atoms. The molecule has 0 aliphatic carbocycles. The highest BCUT2D eigenvalue weighted by Gasteiger charge is 2.09. The first-order valence-corrected chi connectivity index (χ1v) is 8.03. The summed E-state index contributed by atoms with van der Waals surface area (Å²) in [6.07, 6.45) is 0. The van der Waals surface area contributed by atoms with Crippen molar-refractivity contribution in [1.82, 2.24) is 0 Å². The minimum Gasteiger partial charge on any atom is -0.397 e. The van der Waals surface area contributed by atoms with Crippen molar-refractivity contribution in [2.24, 2.45) is 0 Å². The molecule has 0 atom stereocenters. The summed E-state index contributed by atoms with van der Waals surface area (Å²) in [5.41, 5.74) is 9.29. The zero-order chi connectivity index (χ0) is 14.1. The summed E-state index contributed by atoms with van der Waals surface area (Å²) in [7, 11) is 2.08. The number of anilines is 2. The van der Waals surface area contributed by atoms with Crippen LogP contribution in [0.4, 0.5) is 11.4 Å². The lowest BCUT2D eigenvalue weighted by Gasteiger charge is -2.21. The van der Waals surface area contributed by atoms with E-state index in [0.29, 0.717) is 0 Å². The third kappa shape index (κ3) is 2.53. The van der Waals surface area contributed by atoms with Gasteiger partial charge in [-0.15, -0.1) is 11.3 Å². The molecule has 0 saturated carbocycles. The van der Waals surface area contributed by atoms with Crippen molar-refractivity contribution in [2.45, 2.75) is 6.54 Å². The maximum absolute atomic E-state index is 6.09. The molecule has 0 aliphatic rings. The largest absolute Gasteiger partial charge is 0.397 e. The molecule has 0 bridgehead atoms. The number of rotatable bonds is 3. The number of fused-ring (bicyclic) bond motifs is 1. The van der Waals surface area contributed by atoms with Crippen LogP contribution in [0.5, 0.6) is 0 Å². The quantitative estimate of drug-likeness (QED) is 0.684. The minimum atomic E-state index is 0.793. The molecule has 0 saturated heterocycles. The molecule has 4 heteroatoms. The summed E-state index contributed by atoms with van der Waals surface area (Å²) in [5, 5.41) is 3.57. The molecule has 0 fully saturated rings. The molecule has 0 radical (unpaired) electrons. The van der Waals surface area contributed by atoms with E-state index < -0.39 is 0 Å². The van der Waals surface area contributed by atoms with Crippen LogP contribution >= 0.6 is 27.3 Å². The molecule has 2 nitrogen and oxygen atoms in total. The van der Waals surface area contributed by atoms with E-state index in [4.69, 9.17) is 5.73 Å². The second-order valence-electron chi connectivity index (χ2n) is 4.82. The third-order valence-corrected chi connectivity index (χ3v) is 4.88. The van der Waals surface area contributed by atoms with E-state index in [-0.39, 0.29) is 0 Å². The molecular weight excluding hydrogens is 332 g/mol. The Hall–Kier alpha value is -1.52. The fourth-order valence-electron chi connectivity index (χ4n) is 2.37. The highest BCUT2D eigenvalue weighted by atomic mass is 79.9. The van der Waals surface area contributed by atoms with Gasteiger partial charge in [0.25, 0.3) is 0 Å². The van der Waals surface area contributed by atoms with Gasteiger partial charge in [0.05, 0.1) is 11.4 Å². The van der Waals surface area contributed by atoms with Gasteiger partial charge in [0.15, 0.2) is 0 Å². The average molecular weight is 347 g/mol. The minimum absolute atomic E-state index is 0.793. The number of thiophene rings is 1. The Morgan fingerprint density at radius 2 is 2.00 bits per heavy atom. The van der Waals surface area contributed by atoms with Crippen LogP contribution in [-0.2, 0) is 6.54 Å². The van der Waals surface area contributed by atoms with Crippen LogP contribution < -0.4 is 10.6 Å². The number of hydrogen-bond donors (Lipinski definition) is 1. The van der Waals surface area contributed by atoms with Gasteiger partial charge in [-0.3, -0.25) is 0 Å². The molecule has 20 heavy (non-hydrogen) atoms. The number of benzene rings is 2. The van der Waals surface area contributed by atoms with Crippen molar-refractivity contribution in [1.29, 1.82) is 0 Å². The van der Waals surface area contributed by atoms with Crippen LogP contribution in [0, 0.1) is 0 Å². The van der Waals surface area contributed by atoms with Crippen molar-refractivity contribution in [2.75, 3.05) is 17.7 Å². The Balaban J connectivity index is 1.90. The lowest BCUT2D eigenvalue weighted by atomic mass is 10.1. The van der Waals surface area contributed by atoms with Gasteiger partial charge in [0.2, 0.25) is 0 Å². The number of hydrogen-bond acceptors (Lipinski definition) is 3. The van der Waals surface area contributed by atoms with E-state index in [2.05, 4.69) is 57.5 Å². The van der Waals surface area contributed by atoms with Gasteiger partial charge in [-0.1, -0.05) is 34.1 Å². The Morgan fingerprint density at radius 3 is 2.80 bits per heavy atom. The van der Waals surface area contributed by atoms with Gasteiger partial charge < -0.3 is 10.6 Å². The standard InChI is InChI=1S/C16H15BrN2S/c1-19(15-7-6-12(17)8-14(15)18)9-11-10-20-16-5-3-2-4-13(11)16/h2-8,10H,9,18H2,1H3. The average Bonchev–Trinajstić information content (AvgIpc) is 2.82. The Kier molecular flexibility index (Phi) is 3.68. The van der Waals surface area contributed by atoms with Gasteiger partial charge in [0.1, 0.15) is 0 Å². The summed E-state index contributed by atoms with van der Waals surface area (Å²) in [6, 6.07) is 14.5. The van der Waals surface area contributed by atoms with Gasteiger partial charge >= 0.3 is 0 Å². The molecule has 3 rings (SSSR count). The zero-order valence-electron chi connectivity index (χ0n) is 11.1. The summed E-state index contributed by atoms with van der Waals surface area (Å²) in [5.74, 6) is 0. The number of nitrogen functional groups attached to an aromatic ring is 1. The summed E-state index contributed by atoms with van der Waals surface area (Å²) in [6.45, 7) is 0.857. The maximum atomic E-state index is 6.09. The molecule has 0 unspecified atom stereocenters. The molecule has 2 aromatic carbocycles. The molecule has 0 amide bonds. The van der Waals surface area contributed by atoms with E-state index in [0.717, 1.165) is 22.4 Å². The number of halogens is 1. The van der Waals surface area contributed by atoms with Gasteiger partial charge in [-0.25, -0.2) is 0 Å². The lowest BCUT2D eigenvalue weighted by Crippen LogP contribution is -2.17. The summed E-state index contributed by atoms with van der Waals surface area (Å²) >= 11 is 5.23. The Bertz CT molecular complexity index is 751. The first kappa shape index (κ1) is 13.5. The Labute approximate surface area is 131 Å². The van der Waals surface area contributed by atoms with Crippen molar-refractivity contribution in [3.8, 4) is 0 Å². The molecule has 3 aromatic rings. The molecule has 1 aromatic heterocycles. The monoisotopic (exact) mass is 346 g/mol. The van der Waals surface area contributed by atoms with E-state index in [1.54, 1.807) is 11.3 Å². The van der Waals surface area contributed by atoms with Crippen LogP contribution in [0.25, 0.3) is 10.1 Å². The van der Waals surface area contributed by atoms with Crippen molar-refractivity contribution in [3.63, 3.8) is 0 Å². The van der Waals surface area contributed by atoms with Crippen LogP contribution in [0.3, 0.4) is 0 Å². The summed E-state index contributed by atoms with van der Waals surface area (Å²) in [4.78, 5) is 2.19. The van der Waals surface area contributed by atoms with Crippen molar-refractivity contribution < 1.29 is 0 Å². The predicted octanol–water partition coefficient (Wildman–Crippen LogP) is 4.88. The van der Waals surface area contributed by atoms with E-state index in [1.165, 1.54) is 15.6 Å². The van der Waals surface area contributed by atoms with Crippen LogP contribution in [0.2, 0.25) is 0 Å². The SMILES string of the molecule is CN(Cc1csc2ccccc12)c1ccc(Br)cc1N. The van der Waals surface area contributed by atoms with Crippen LogP contribution in [0.15, 0.2) is 52.3 Å². The van der Waals surface area contributed by atoms with Crippen molar-refractivity contribution >= 4 is 48.7 Å². The van der Waals surface area contributed by atoms with Gasteiger partial charge in [-0.2, -0.15) is 0 Å². The van der Waals surface area contributed by atoms with E-state index >= 15 is 0 Å². The van der Waals surface area contributed by atoms with Crippen LogP contribution in [0.1, 0.15) is 5.56 Å². The fraction of sp³-hybridized carbons (Fsp3) is 0.125. The highest BCUT2D eigenvalue weighted by molar-refractivity contribution is 9.10. The van der Waals surface area contributed by atoms with Crippen LogP contribution in [-0.4, -0.2) is 7.05 Å². The third-order valence-electron chi connectivity index (χ3n) is 3.37. The zero-order valence-corrected chi connectivity index (χ0v) is 13.5. The van der Waals surface area contributed by atoms with Crippen molar-refractivity contribution in [3.05, 3.63) is 57.9 Å². The number of nitrogens with two attached hydrogens (primary N) is 1. The first-order chi connectivity index (χ1) is 9.65. The summed E-state index contributed by atoms with van der Waals surface area (Å²) < 4.78 is 2.34. The molecule has 2 N–H and O–H groups in total. The van der Waals surface area contributed by atoms with E-state index in [9.17, 15) is 0 Å².